The van der Waals surface area contributed by atoms with E-state index >= 15 is 0 Å². The van der Waals surface area contributed by atoms with Crippen molar-refractivity contribution in [2.75, 3.05) is 12.5 Å². The number of anilines is 1. The van der Waals surface area contributed by atoms with Crippen LogP contribution in [0.1, 0.15) is 35.8 Å². The van der Waals surface area contributed by atoms with Gasteiger partial charge < -0.3 is 9.84 Å². The molecule has 2 N–H and O–H groups in total. The molecule has 0 spiro atoms. The van der Waals surface area contributed by atoms with Crippen LogP contribution in [0.3, 0.4) is 0 Å². The molecule has 0 aliphatic heterocycles. The Bertz CT molecular complexity index is 997. The highest BCUT2D eigenvalue weighted by molar-refractivity contribution is 7.19. The Morgan fingerprint density at radius 3 is 2.96 bits per heavy atom. The highest BCUT2D eigenvalue weighted by Gasteiger charge is 2.19. The first-order valence-corrected chi connectivity index (χ1v) is 9.42. The molecule has 1 aromatic carbocycles. The highest BCUT2D eigenvalue weighted by atomic mass is 32.1. The maximum Gasteiger partial charge on any atom is 0.161 e. The molecule has 3 aromatic rings. The van der Waals surface area contributed by atoms with Gasteiger partial charge >= 0.3 is 0 Å². The molecule has 0 amide bonds. The fourth-order valence-corrected chi connectivity index (χ4v) is 4.51. The molecule has 2 heterocycles. The normalized spacial score (nSPS) is 14.3. The summed E-state index contributed by atoms with van der Waals surface area (Å²) in [6.07, 6.45) is 6.25. The van der Waals surface area contributed by atoms with Gasteiger partial charge in [0.2, 0.25) is 0 Å². The molecule has 2 aromatic heterocycles. The molecule has 6 nitrogen and oxygen atoms in total. The Balaban J connectivity index is 1.67. The smallest absolute Gasteiger partial charge is 0.161 e. The Morgan fingerprint density at radius 2 is 2.12 bits per heavy atom. The number of phenols is 1. The van der Waals surface area contributed by atoms with Crippen molar-refractivity contribution in [1.82, 2.24) is 9.97 Å². The number of fused-ring (bicyclic) bond motifs is 3. The monoisotopic (exact) mass is 368 g/mol. The third-order valence-electron chi connectivity index (χ3n) is 4.68. The fourth-order valence-electron chi connectivity index (χ4n) is 3.28. The van der Waals surface area contributed by atoms with Crippen LogP contribution < -0.4 is 10.2 Å². The summed E-state index contributed by atoms with van der Waals surface area (Å²) in [5.74, 6) is 1.28. The van der Waals surface area contributed by atoms with Crippen molar-refractivity contribution in [3.63, 3.8) is 0 Å². The number of aryl methyl sites for hydroxylation is 2. The van der Waals surface area contributed by atoms with E-state index in [2.05, 4.69) is 20.5 Å². The summed E-state index contributed by atoms with van der Waals surface area (Å²) in [6.45, 7) is 1.90. The molecule has 7 heteroatoms. The highest BCUT2D eigenvalue weighted by Crippen LogP contribution is 2.38. The zero-order chi connectivity index (χ0) is 18.1. The van der Waals surface area contributed by atoms with Gasteiger partial charge in [0.15, 0.2) is 17.3 Å². The van der Waals surface area contributed by atoms with Crippen LogP contribution in [-0.4, -0.2) is 27.9 Å². The second-order valence-corrected chi connectivity index (χ2v) is 7.39. The second-order valence-electron chi connectivity index (χ2n) is 6.31. The number of aromatic nitrogens is 2. The average Bonchev–Trinajstić information content (AvgIpc) is 3.05. The van der Waals surface area contributed by atoms with Gasteiger partial charge in [-0.15, -0.1) is 11.3 Å². The van der Waals surface area contributed by atoms with Crippen LogP contribution in [-0.2, 0) is 12.8 Å². The predicted molar refractivity (Wildman–Crippen MR) is 105 cm³/mol. The number of methoxy groups -OCH3 is 1. The van der Waals surface area contributed by atoms with Crippen molar-refractivity contribution in [3.05, 3.63) is 40.5 Å². The number of hydrogen-bond acceptors (Lipinski definition) is 7. The molecule has 0 saturated heterocycles. The topological polar surface area (TPSA) is 79.6 Å². The Morgan fingerprint density at radius 1 is 1.27 bits per heavy atom. The van der Waals surface area contributed by atoms with E-state index in [1.54, 1.807) is 35.9 Å². The molecule has 26 heavy (non-hydrogen) atoms. The van der Waals surface area contributed by atoms with Crippen LogP contribution in [0, 0.1) is 0 Å². The molecule has 0 atom stereocenters. The Labute approximate surface area is 155 Å². The lowest BCUT2D eigenvalue weighted by Gasteiger charge is -2.11. The molecular weight excluding hydrogens is 348 g/mol. The van der Waals surface area contributed by atoms with Crippen molar-refractivity contribution in [2.24, 2.45) is 5.10 Å². The second kappa shape index (κ2) is 6.92. The van der Waals surface area contributed by atoms with Gasteiger partial charge in [-0.25, -0.2) is 9.97 Å². The summed E-state index contributed by atoms with van der Waals surface area (Å²) in [5, 5.41) is 15.3. The van der Waals surface area contributed by atoms with E-state index in [-0.39, 0.29) is 5.75 Å². The van der Waals surface area contributed by atoms with E-state index in [0.29, 0.717) is 5.75 Å². The number of hydrogen-bond donors (Lipinski definition) is 2. The third-order valence-corrected chi connectivity index (χ3v) is 5.88. The Hall–Kier alpha value is -2.67. The van der Waals surface area contributed by atoms with Crippen molar-refractivity contribution in [3.8, 4) is 11.5 Å². The number of hydrazone groups is 1. The largest absolute Gasteiger partial charge is 0.504 e. The molecular formula is C19H20N4O2S. The summed E-state index contributed by atoms with van der Waals surface area (Å²) in [6, 6.07) is 5.17. The standard InChI is InChI=1S/C19H20N4O2S/c1-11(12-7-8-14(24)15(9-12)25-2)22-23-18-17-13-5-3-4-6-16(13)26-19(17)21-10-20-18/h7-10,24H,3-6H2,1-2H3,(H,20,21,23)/b22-11-. The Kier molecular flexibility index (Phi) is 4.46. The van der Waals surface area contributed by atoms with E-state index < -0.39 is 0 Å². The minimum atomic E-state index is 0.111. The van der Waals surface area contributed by atoms with Gasteiger partial charge in [0.1, 0.15) is 11.2 Å². The van der Waals surface area contributed by atoms with Gasteiger partial charge in [-0.1, -0.05) is 0 Å². The number of rotatable bonds is 4. The maximum absolute atomic E-state index is 9.74. The summed E-state index contributed by atoms with van der Waals surface area (Å²) >= 11 is 1.77. The van der Waals surface area contributed by atoms with Gasteiger partial charge in [-0.05, 0) is 56.4 Å². The lowest BCUT2D eigenvalue weighted by atomic mass is 9.97. The zero-order valence-electron chi connectivity index (χ0n) is 14.7. The van der Waals surface area contributed by atoms with Crippen LogP contribution in [0.25, 0.3) is 10.2 Å². The zero-order valence-corrected chi connectivity index (χ0v) is 15.6. The molecule has 0 saturated carbocycles. The number of ether oxygens (including phenoxy) is 1. The summed E-state index contributed by atoms with van der Waals surface area (Å²) < 4.78 is 5.16. The fraction of sp³-hybridized carbons (Fsp3) is 0.316. The number of benzene rings is 1. The third kappa shape index (κ3) is 2.99. The van der Waals surface area contributed by atoms with E-state index in [4.69, 9.17) is 4.74 Å². The van der Waals surface area contributed by atoms with E-state index in [0.717, 1.165) is 40.2 Å². The summed E-state index contributed by atoms with van der Waals surface area (Å²) in [4.78, 5) is 11.3. The quantitative estimate of drug-likeness (QED) is 0.535. The van der Waals surface area contributed by atoms with Gasteiger partial charge in [0, 0.05) is 10.4 Å². The van der Waals surface area contributed by atoms with Crippen LogP contribution in [0.5, 0.6) is 11.5 Å². The minimum Gasteiger partial charge on any atom is -0.504 e. The summed E-state index contributed by atoms with van der Waals surface area (Å²) in [5.41, 5.74) is 6.13. The molecule has 0 radical (unpaired) electrons. The minimum absolute atomic E-state index is 0.111. The first kappa shape index (κ1) is 16.8. The van der Waals surface area contributed by atoms with Gasteiger partial charge in [-0.2, -0.15) is 5.10 Å². The number of thiophene rings is 1. The lowest BCUT2D eigenvalue weighted by Crippen LogP contribution is -2.03. The van der Waals surface area contributed by atoms with Crippen LogP contribution in [0.2, 0.25) is 0 Å². The first-order chi connectivity index (χ1) is 12.7. The van der Waals surface area contributed by atoms with Crippen molar-refractivity contribution >= 4 is 33.1 Å². The summed E-state index contributed by atoms with van der Waals surface area (Å²) in [7, 11) is 1.53. The molecule has 1 aliphatic carbocycles. The lowest BCUT2D eigenvalue weighted by molar-refractivity contribution is 0.373. The predicted octanol–water partition coefficient (Wildman–Crippen LogP) is 4.12. The molecule has 0 fully saturated rings. The molecule has 1 aliphatic rings. The van der Waals surface area contributed by atoms with Gasteiger partial charge in [-0.3, -0.25) is 5.43 Å². The van der Waals surface area contributed by atoms with Crippen LogP contribution >= 0.6 is 11.3 Å². The van der Waals surface area contributed by atoms with E-state index in [1.165, 1.54) is 30.4 Å². The number of phenolic OH excluding ortho intramolecular Hbond substituents is 1. The molecule has 0 bridgehead atoms. The van der Waals surface area contributed by atoms with Crippen LogP contribution in [0.15, 0.2) is 29.6 Å². The average molecular weight is 368 g/mol. The molecule has 0 unspecified atom stereocenters. The van der Waals surface area contributed by atoms with Crippen molar-refractivity contribution in [1.29, 1.82) is 0 Å². The first-order valence-electron chi connectivity index (χ1n) is 8.60. The SMILES string of the molecule is COc1cc(/C(C)=N\Nc2ncnc3sc4c(c23)CCCC4)ccc1O. The van der Waals surface area contributed by atoms with Crippen molar-refractivity contribution in [2.45, 2.75) is 32.6 Å². The molecule has 134 valence electrons. The number of nitrogens with one attached hydrogen (secondary N) is 1. The molecule has 4 rings (SSSR count). The van der Waals surface area contributed by atoms with E-state index in [9.17, 15) is 5.11 Å². The van der Waals surface area contributed by atoms with E-state index in [1.807, 2.05) is 6.92 Å². The van der Waals surface area contributed by atoms with Gasteiger partial charge in [0.05, 0.1) is 18.2 Å². The van der Waals surface area contributed by atoms with Crippen LogP contribution in [0.4, 0.5) is 5.82 Å². The van der Waals surface area contributed by atoms with Crippen molar-refractivity contribution < 1.29 is 9.84 Å². The van der Waals surface area contributed by atoms with Gasteiger partial charge in [0.25, 0.3) is 0 Å². The number of nitrogens with zero attached hydrogens (tertiary/aromatic N) is 3. The number of aromatic hydroxyl groups is 1. The maximum atomic E-state index is 9.74.